The third kappa shape index (κ3) is 3.45. The van der Waals surface area contributed by atoms with E-state index in [4.69, 9.17) is 4.42 Å². The number of carbonyl (C=O) groups excluding carboxylic acids is 1. The van der Waals surface area contributed by atoms with Gasteiger partial charge in [0.15, 0.2) is 5.65 Å². The third-order valence-corrected chi connectivity index (χ3v) is 5.18. The van der Waals surface area contributed by atoms with Crippen molar-refractivity contribution in [2.24, 2.45) is 0 Å². The van der Waals surface area contributed by atoms with Gasteiger partial charge in [-0.1, -0.05) is 18.2 Å². The van der Waals surface area contributed by atoms with Crippen LogP contribution in [0.3, 0.4) is 0 Å². The van der Waals surface area contributed by atoms with Gasteiger partial charge in [-0.3, -0.25) is 4.79 Å². The first-order valence-electron chi connectivity index (χ1n) is 9.49. The molecule has 4 rings (SSSR count). The number of furan rings is 1. The molecule has 0 aliphatic rings. The molecular weight excluding hydrogens is 366 g/mol. The molecule has 1 atom stereocenters. The number of para-hydroxylation sites is 1. The second-order valence-corrected chi connectivity index (χ2v) is 7.14. The van der Waals surface area contributed by atoms with Gasteiger partial charge in [0, 0.05) is 23.2 Å². The fourth-order valence-electron chi connectivity index (χ4n) is 3.59. The van der Waals surface area contributed by atoms with Crippen LogP contribution in [0.25, 0.3) is 16.6 Å². The van der Waals surface area contributed by atoms with Crippen LogP contribution in [0.2, 0.25) is 0 Å². The van der Waals surface area contributed by atoms with E-state index in [1.54, 1.807) is 4.52 Å². The fourth-order valence-corrected chi connectivity index (χ4v) is 3.59. The first kappa shape index (κ1) is 18.7. The molecule has 0 saturated heterocycles. The highest BCUT2D eigenvalue weighted by molar-refractivity contribution is 5.79. The fraction of sp³-hybridized carbons (Fsp3) is 0.273. The van der Waals surface area contributed by atoms with E-state index in [1.807, 2.05) is 51.1 Å². The van der Waals surface area contributed by atoms with Gasteiger partial charge >= 0.3 is 0 Å². The van der Waals surface area contributed by atoms with Crippen molar-refractivity contribution in [3.63, 3.8) is 0 Å². The number of rotatable bonds is 5. The van der Waals surface area contributed by atoms with Crippen LogP contribution in [0.5, 0.6) is 0 Å². The number of carbonyl (C=O) groups is 1. The summed E-state index contributed by atoms with van der Waals surface area (Å²) in [5.41, 5.74) is 4.48. The Bertz CT molecular complexity index is 1230. The molecule has 29 heavy (non-hydrogen) atoms. The van der Waals surface area contributed by atoms with Crippen LogP contribution in [-0.2, 0) is 11.2 Å². The van der Waals surface area contributed by atoms with Crippen LogP contribution in [0.15, 0.2) is 40.9 Å². The average Bonchev–Trinajstić information content (AvgIpc) is 3.31. The van der Waals surface area contributed by atoms with Crippen molar-refractivity contribution in [1.29, 1.82) is 5.26 Å². The number of nitriles is 1. The van der Waals surface area contributed by atoms with E-state index in [9.17, 15) is 10.1 Å². The molecule has 3 aromatic heterocycles. The van der Waals surface area contributed by atoms with E-state index in [0.717, 1.165) is 33.7 Å². The lowest BCUT2D eigenvalue weighted by atomic mass is 10.1. The Morgan fingerprint density at radius 1 is 1.34 bits per heavy atom. The van der Waals surface area contributed by atoms with Gasteiger partial charge in [0.1, 0.15) is 23.0 Å². The first-order valence-corrected chi connectivity index (χ1v) is 9.49. The van der Waals surface area contributed by atoms with Crippen molar-refractivity contribution >= 4 is 22.5 Å². The van der Waals surface area contributed by atoms with Gasteiger partial charge in [-0.05, 0) is 44.9 Å². The summed E-state index contributed by atoms with van der Waals surface area (Å²) in [6, 6.07) is 11.6. The van der Waals surface area contributed by atoms with Gasteiger partial charge in [-0.15, -0.1) is 0 Å². The van der Waals surface area contributed by atoms with Gasteiger partial charge < -0.3 is 9.73 Å². The maximum Gasteiger partial charge on any atom is 0.220 e. The smallest absolute Gasteiger partial charge is 0.220 e. The zero-order chi connectivity index (χ0) is 20.5. The Morgan fingerprint density at radius 3 is 2.90 bits per heavy atom. The Labute approximate surface area is 168 Å². The summed E-state index contributed by atoms with van der Waals surface area (Å²) in [4.78, 5) is 17.0. The van der Waals surface area contributed by atoms with Gasteiger partial charge in [-0.2, -0.15) is 10.4 Å². The maximum atomic E-state index is 12.5. The summed E-state index contributed by atoms with van der Waals surface area (Å²) in [5, 5.41) is 17.4. The van der Waals surface area contributed by atoms with Crippen molar-refractivity contribution in [3.05, 3.63) is 64.8 Å². The summed E-state index contributed by atoms with van der Waals surface area (Å²) in [5.74, 6) is 0.672. The summed E-state index contributed by atoms with van der Waals surface area (Å²) < 4.78 is 7.49. The number of fused-ring (bicyclic) bond motifs is 2. The molecule has 4 aromatic rings. The molecule has 0 bridgehead atoms. The zero-order valence-electron chi connectivity index (χ0n) is 16.6. The van der Waals surface area contributed by atoms with E-state index in [2.05, 4.69) is 21.5 Å². The standard InChI is InChI=1S/C22H21N5O2/c1-13-18(15(3)27-22(26-13)17(11-23)12-24-27)8-9-21(28)25-14(2)20-10-16-6-4-5-7-19(16)29-20/h4-7,10,12,14H,8-9H2,1-3H3,(H,25,28). The molecule has 0 saturated carbocycles. The monoisotopic (exact) mass is 387 g/mol. The lowest BCUT2D eigenvalue weighted by molar-refractivity contribution is -0.121. The van der Waals surface area contributed by atoms with E-state index in [0.29, 0.717) is 24.1 Å². The molecule has 7 nitrogen and oxygen atoms in total. The Balaban J connectivity index is 1.46. The number of benzene rings is 1. The highest BCUT2D eigenvalue weighted by Crippen LogP contribution is 2.24. The molecule has 1 aromatic carbocycles. The van der Waals surface area contributed by atoms with E-state index < -0.39 is 0 Å². The highest BCUT2D eigenvalue weighted by Gasteiger charge is 2.17. The predicted octanol–water partition coefficient (Wildman–Crippen LogP) is 3.77. The number of aromatic nitrogens is 3. The Kier molecular flexibility index (Phi) is 4.77. The van der Waals surface area contributed by atoms with E-state index in [1.165, 1.54) is 6.20 Å². The molecule has 1 amide bonds. The molecular formula is C22H21N5O2. The van der Waals surface area contributed by atoms with Crippen molar-refractivity contribution in [1.82, 2.24) is 19.9 Å². The third-order valence-electron chi connectivity index (χ3n) is 5.18. The molecule has 1 N–H and O–H groups in total. The molecule has 0 radical (unpaired) electrons. The molecule has 0 aliphatic carbocycles. The summed E-state index contributed by atoms with van der Waals surface area (Å²) >= 11 is 0. The van der Waals surface area contributed by atoms with Crippen molar-refractivity contribution in [2.75, 3.05) is 0 Å². The number of nitrogens with one attached hydrogen (secondary N) is 1. The summed E-state index contributed by atoms with van der Waals surface area (Å²) in [7, 11) is 0. The number of aryl methyl sites for hydroxylation is 2. The minimum atomic E-state index is -0.220. The van der Waals surface area contributed by atoms with Crippen LogP contribution in [0.4, 0.5) is 0 Å². The minimum absolute atomic E-state index is 0.0602. The topological polar surface area (TPSA) is 96.2 Å². The molecule has 0 spiro atoms. The van der Waals surface area contributed by atoms with Crippen LogP contribution >= 0.6 is 0 Å². The number of nitrogens with zero attached hydrogens (tertiary/aromatic N) is 4. The predicted molar refractivity (Wildman–Crippen MR) is 108 cm³/mol. The van der Waals surface area contributed by atoms with Crippen molar-refractivity contribution in [3.8, 4) is 6.07 Å². The van der Waals surface area contributed by atoms with Gasteiger partial charge in [0.2, 0.25) is 5.91 Å². The first-order chi connectivity index (χ1) is 14.0. The zero-order valence-corrected chi connectivity index (χ0v) is 16.6. The van der Waals surface area contributed by atoms with Crippen LogP contribution in [0.1, 0.15) is 47.7 Å². The number of amides is 1. The normalized spacial score (nSPS) is 12.2. The summed E-state index contributed by atoms with van der Waals surface area (Å²) in [6.45, 7) is 5.73. The molecule has 0 aliphatic heterocycles. The lowest BCUT2D eigenvalue weighted by Crippen LogP contribution is -2.26. The van der Waals surface area contributed by atoms with E-state index in [-0.39, 0.29) is 11.9 Å². The van der Waals surface area contributed by atoms with Crippen LogP contribution < -0.4 is 5.32 Å². The maximum absolute atomic E-state index is 12.5. The van der Waals surface area contributed by atoms with Gasteiger partial charge in [0.05, 0.1) is 12.2 Å². The minimum Gasteiger partial charge on any atom is -0.459 e. The van der Waals surface area contributed by atoms with Crippen LogP contribution in [-0.4, -0.2) is 20.5 Å². The van der Waals surface area contributed by atoms with Gasteiger partial charge in [0.25, 0.3) is 0 Å². The molecule has 7 heteroatoms. The molecule has 3 heterocycles. The number of hydrogen-bond acceptors (Lipinski definition) is 5. The SMILES string of the molecule is Cc1nc2c(C#N)cnn2c(C)c1CCC(=O)NC(C)c1cc2ccccc2o1. The molecule has 146 valence electrons. The number of hydrogen-bond donors (Lipinski definition) is 1. The molecule has 1 unspecified atom stereocenters. The molecule has 0 fully saturated rings. The summed E-state index contributed by atoms with van der Waals surface area (Å²) in [6.07, 6.45) is 2.38. The Morgan fingerprint density at radius 2 is 2.14 bits per heavy atom. The second-order valence-electron chi connectivity index (χ2n) is 7.14. The van der Waals surface area contributed by atoms with Crippen molar-refractivity contribution in [2.45, 2.75) is 39.7 Å². The Hall–Kier alpha value is -3.66. The van der Waals surface area contributed by atoms with E-state index >= 15 is 0 Å². The van der Waals surface area contributed by atoms with Crippen LogP contribution in [0, 0.1) is 25.2 Å². The van der Waals surface area contributed by atoms with Gasteiger partial charge in [-0.25, -0.2) is 9.50 Å². The highest BCUT2D eigenvalue weighted by atomic mass is 16.3. The quantitative estimate of drug-likeness (QED) is 0.562. The van der Waals surface area contributed by atoms with Crippen molar-refractivity contribution < 1.29 is 9.21 Å². The average molecular weight is 387 g/mol. The lowest BCUT2D eigenvalue weighted by Gasteiger charge is -2.13. The second kappa shape index (κ2) is 7.40. The largest absolute Gasteiger partial charge is 0.459 e.